The van der Waals surface area contributed by atoms with E-state index in [1.807, 2.05) is 37.1 Å². The van der Waals surface area contributed by atoms with Gasteiger partial charge in [-0.2, -0.15) is 0 Å². The maximum Gasteiger partial charge on any atom is 0.169 e. The molecule has 0 radical (unpaired) electrons. The molecule has 1 aromatic rings. The minimum absolute atomic E-state index is 0.720. The lowest BCUT2D eigenvalue weighted by molar-refractivity contribution is 0.195. The number of pyridine rings is 1. The maximum absolute atomic E-state index is 5.30. The highest BCUT2D eigenvalue weighted by atomic mass is 32.1. The van der Waals surface area contributed by atoms with E-state index in [1.54, 1.807) is 7.11 Å². The van der Waals surface area contributed by atoms with E-state index in [4.69, 9.17) is 17.0 Å². The van der Waals surface area contributed by atoms with Crippen LogP contribution in [0.5, 0.6) is 0 Å². The lowest BCUT2D eigenvalue weighted by Gasteiger charge is -2.20. The van der Waals surface area contributed by atoms with E-state index < -0.39 is 0 Å². The molecule has 1 N–H and O–H groups in total. The molecule has 0 saturated carbocycles. The monoisotopic (exact) mass is 267 g/mol. The zero-order valence-corrected chi connectivity index (χ0v) is 12.1. The second kappa shape index (κ2) is 8.00. The van der Waals surface area contributed by atoms with Gasteiger partial charge in [-0.3, -0.25) is 4.98 Å². The van der Waals surface area contributed by atoms with Gasteiger partial charge in [0.1, 0.15) is 0 Å². The average Bonchev–Trinajstić information content (AvgIpc) is 2.34. The molecule has 0 aliphatic heterocycles. The summed E-state index contributed by atoms with van der Waals surface area (Å²) in [4.78, 5) is 6.45. The highest BCUT2D eigenvalue weighted by Gasteiger charge is 2.05. The molecule has 1 aromatic heterocycles. The molecule has 0 bridgehead atoms. The summed E-state index contributed by atoms with van der Waals surface area (Å²) in [5.74, 6) is 0. The summed E-state index contributed by atoms with van der Waals surface area (Å²) < 4.78 is 4.99. The summed E-state index contributed by atoms with van der Waals surface area (Å²) in [5.41, 5.74) is 2.05. The number of methoxy groups -OCH3 is 1. The van der Waals surface area contributed by atoms with E-state index in [2.05, 4.69) is 10.3 Å². The molecule has 0 aromatic carbocycles. The van der Waals surface area contributed by atoms with Crippen molar-refractivity contribution < 1.29 is 4.74 Å². The van der Waals surface area contributed by atoms with Crippen molar-refractivity contribution in [2.45, 2.75) is 19.9 Å². The van der Waals surface area contributed by atoms with Crippen LogP contribution in [0.15, 0.2) is 18.2 Å². The Morgan fingerprint density at radius 2 is 2.28 bits per heavy atom. The van der Waals surface area contributed by atoms with Gasteiger partial charge in [0.25, 0.3) is 0 Å². The lowest BCUT2D eigenvalue weighted by Crippen LogP contribution is -2.37. The third-order valence-electron chi connectivity index (χ3n) is 2.49. The van der Waals surface area contributed by atoms with Crippen LogP contribution in [0.3, 0.4) is 0 Å². The Hall–Kier alpha value is -1.20. The fourth-order valence-corrected chi connectivity index (χ4v) is 1.72. The Labute approximate surface area is 114 Å². The number of aromatic nitrogens is 1. The molecule has 100 valence electrons. The van der Waals surface area contributed by atoms with Crippen molar-refractivity contribution in [1.82, 2.24) is 15.2 Å². The first-order chi connectivity index (χ1) is 8.63. The van der Waals surface area contributed by atoms with Crippen LogP contribution in [-0.2, 0) is 11.3 Å². The van der Waals surface area contributed by atoms with E-state index in [0.29, 0.717) is 0 Å². The number of hydrogen-bond donors (Lipinski definition) is 1. The Morgan fingerprint density at radius 1 is 1.50 bits per heavy atom. The summed E-state index contributed by atoms with van der Waals surface area (Å²) in [6.45, 7) is 4.29. The molecule has 4 nitrogen and oxygen atoms in total. The van der Waals surface area contributed by atoms with Gasteiger partial charge in [-0.05, 0) is 37.7 Å². The highest BCUT2D eigenvalue weighted by Crippen LogP contribution is 2.02. The third kappa shape index (κ3) is 5.42. The molecule has 0 fully saturated rings. The molecule has 1 heterocycles. The minimum atomic E-state index is 0.720. The zero-order chi connectivity index (χ0) is 13.4. The fraction of sp³-hybridized carbons (Fsp3) is 0.538. The van der Waals surface area contributed by atoms with Gasteiger partial charge in [-0.25, -0.2) is 0 Å². The molecule has 0 unspecified atom stereocenters. The van der Waals surface area contributed by atoms with E-state index in [9.17, 15) is 0 Å². The minimum Gasteiger partial charge on any atom is -0.385 e. The molecule has 5 heteroatoms. The van der Waals surface area contributed by atoms with Crippen molar-refractivity contribution in [3.8, 4) is 0 Å². The van der Waals surface area contributed by atoms with Crippen molar-refractivity contribution in [1.29, 1.82) is 0 Å². The molecule has 0 atom stereocenters. The summed E-state index contributed by atoms with van der Waals surface area (Å²) in [5, 5.41) is 3.95. The van der Waals surface area contributed by atoms with Crippen molar-refractivity contribution >= 4 is 17.3 Å². The Balaban J connectivity index is 2.35. The predicted octanol–water partition coefficient (Wildman–Crippen LogP) is 1.73. The van der Waals surface area contributed by atoms with Gasteiger partial charge in [-0.15, -0.1) is 0 Å². The molecule has 0 spiro atoms. The van der Waals surface area contributed by atoms with E-state index in [-0.39, 0.29) is 0 Å². The van der Waals surface area contributed by atoms with Gasteiger partial charge in [-0.1, -0.05) is 6.07 Å². The van der Waals surface area contributed by atoms with Crippen LogP contribution in [0.25, 0.3) is 0 Å². The van der Waals surface area contributed by atoms with Crippen LogP contribution in [-0.4, -0.2) is 42.3 Å². The normalized spacial score (nSPS) is 10.2. The van der Waals surface area contributed by atoms with Crippen molar-refractivity contribution in [2.24, 2.45) is 0 Å². The van der Waals surface area contributed by atoms with Crippen LogP contribution in [0.4, 0.5) is 0 Å². The van der Waals surface area contributed by atoms with E-state index in [1.165, 1.54) is 0 Å². The number of nitrogens with one attached hydrogen (secondary N) is 1. The zero-order valence-electron chi connectivity index (χ0n) is 11.3. The second-order valence-corrected chi connectivity index (χ2v) is 4.59. The third-order valence-corrected chi connectivity index (χ3v) is 2.95. The predicted molar refractivity (Wildman–Crippen MR) is 77.5 cm³/mol. The second-order valence-electron chi connectivity index (χ2n) is 4.20. The standard InChI is InChI=1S/C13H21N3OS/c1-11-6-4-7-12(15-11)10-16(2)13(18)14-8-5-9-17-3/h4,6-7H,5,8-10H2,1-3H3,(H,14,18). The van der Waals surface area contributed by atoms with Gasteiger partial charge in [0, 0.05) is 33.0 Å². The van der Waals surface area contributed by atoms with E-state index >= 15 is 0 Å². The smallest absolute Gasteiger partial charge is 0.169 e. The number of nitrogens with zero attached hydrogens (tertiary/aromatic N) is 2. The highest BCUT2D eigenvalue weighted by molar-refractivity contribution is 7.80. The molecule has 18 heavy (non-hydrogen) atoms. The summed E-state index contributed by atoms with van der Waals surface area (Å²) >= 11 is 5.30. The van der Waals surface area contributed by atoms with Crippen LogP contribution in [0.2, 0.25) is 0 Å². The number of aryl methyl sites for hydroxylation is 1. The number of hydrogen-bond acceptors (Lipinski definition) is 3. The fourth-order valence-electron chi connectivity index (χ4n) is 1.55. The SMILES string of the molecule is COCCCNC(=S)N(C)Cc1cccc(C)n1. The summed E-state index contributed by atoms with van der Waals surface area (Å²) in [7, 11) is 3.67. The largest absolute Gasteiger partial charge is 0.385 e. The molecule has 0 saturated heterocycles. The van der Waals surface area contributed by atoms with Crippen LogP contribution < -0.4 is 5.32 Å². The molecule has 1 rings (SSSR count). The topological polar surface area (TPSA) is 37.4 Å². The van der Waals surface area contributed by atoms with Gasteiger partial charge in [0.15, 0.2) is 5.11 Å². The van der Waals surface area contributed by atoms with Crippen molar-refractivity contribution in [3.05, 3.63) is 29.6 Å². The Bertz CT molecular complexity index is 384. The first-order valence-electron chi connectivity index (χ1n) is 6.04. The molecular formula is C13H21N3OS. The molecule has 0 amide bonds. The van der Waals surface area contributed by atoms with Gasteiger partial charge in [0.2, 0.25) is 0 Å². The summed E-state index contributed by atoms with van der Waals surface area (Å²) in [6.07, 6.45) is 0.952. The van der Waals surface area contributed by atoms with Crippen LogP contribution in [0.1, 0.15) is 17.8 Å². The van der Waals surface area contributed by atoms with Gasteiger partial charge >= 0.3 is 0 Å². The first kappa shape index (κ1) is 14.9. The van der Waals surface area contributed by atoms with Crippen LogP contribution in [0, 0.1) is 6.92 Å². The van der Waals surface area contributed by atoms with Crippen molar-refractivity contribution in [2.75, 3.05) is 27.3 Å². The number of rotatable bonds is 6. The number of thiocarbonyl (C=S) groups is 1. The lowest BCUT2D eigenvalue weighted by atomic mass is 10.3. The average molecular weight is 267 g/mol. The van der Waals surface area contributed by atoms with Crippen LogP contribution >= 0.6 is 12.2 Å². The maximum atomic E-state index is 5.30. The molecular weight excluding hydrogens is 246 g/mol. The molecule has 0 aliphatic carbocycles. The van der Waals surface area contributed by atoms with Gasteiger partial charge in [0.05, 0.1) is 12.2 Å². The summed E-state index contributed by atoms with van der Waals surface area (Å²) in [6, 6.07) is 6.02. The molecule has 0 aliphatic rings. The van der Waals surface area contributed by atoms with E-state index in [0.717, 1.165) is 42.6 Å². The quantitative estimate of drug-likeness (QED) is 0.627. The number of ether oxygens (including phenoxy) is 1. The van der Waals surface area contributed by atoms with Gasteiger partial charge < -0.3 is 15.0 Å². The Kier molecular flexibility index (Phi) is 6.60. The first-order valence-corrected chi connectivity index (χ1v) is 6.44. The van der Waals surface area contributed by atoms with Crippen molar-refractivity contribution in [3.63, 3.8) is 0 Å². The Morgan fingerprint density at radius 3 is 2.94 bits per heavy atom.